The minimum atomic E-state index is -0.0721. The van der Waals surface area contributed by atoms with Crippen LogP contribution in [-0.2, 0) is 0 Å². The molecule has 1 saturated heterocycles. The molecule has 3 aromatic heterocycles. The van der Waals surface area contributed by atoms with Crippen LogP contribution in [0.1, 0.15) is 73.3 Å². The second kappa shape index (κ2) is 8.61. The number of rotatable bonds is 4. The van der Waals surface area contributed by atoms with Crippen LogP contribution in [0.2, 0.25) is 0 Å². The number of nitrogens with zero attached hydrogens (tertiary/aromatic N) is 4. The van der Waals surface area contributed by atoms with Gasteiger partial charge >= 0.3 is 0 Å². The number of nitrogens with one attached hydrogen (secondary N) is 1. The predicted molar refractivity (Wildman–Crippen MR) is 127 cm³/mol. The molecular weight excluding hydrogens is 406 g/mol. The van der Waals surface area contributed by atoms with Crippen LogP contribution < -0.4 is 10.2 Å². The zero-order valence-corrected chi connectivity index (χ0v) is 19.2. The maximum absolute atomic E-state index is 12.9. The zero-order valence-electron chi connectivity index (χ0n) is 18.4. The third-order valence-corrected chi connectivity index (χ3v) is 7.95. The van der Waals surface area contributed by atoms with Crippen molar-refractivity contribution in [1.82, 2.24) is 14.8 Å². The molecule has 0 spiro atoms. The molecule has 0 atom stereocenters. The smallest absolute Gasteiger partial charge is 0.265 e. The Morgan fingerprint density at radius 2 is 1.90 bits per heavy atom. The van der Waals surface area contributed by atoms with Crippen molar-refractivity contribution < 1.29 is 4.79 Å². The van der Waals surface area contributed by atoms with Gasteiger partial charge in [0.15, 0.2) is 0 Å². The second-order valence-corrected chi connectivity index (χ2v) is 10.2. The number of carbonyl (C=O) groups is 1. The third kappa shape index (κ3) is 4.20. The first-order chi connectivity index (χ1) is 15.1. The van der Waals surface area contributed by atoms with E-state index in [0.29, 0.717) is 6.04 Å². The molecule has 2 fully saturated rings. The average Bonchev–Trinajstić information content (AvgIpc) is 3.36. The summed E-state index contributed by atoms with van der Waals surface area (Å²) in [7, 11) is 0. The summed E-state index contributed by atoms with van der Waals surface area (Å²) in [5, 5.41) is 8.93. The number of hydrogen-bond acceptors (Lipinski definition) is 5. The molecule has 31 heavy (non-hydrogen) atoms. The monoisotopic (exact) mass is 437 g/mol. The van der Waals surface area contributed by atoms with Gasteiger partial charge in [-0.2, -0.15) is 5.10 Å². The Bertz CT molecular complexity index is 1060. The molecule has 2 aliphatic rings. The van der Waals surface area contributed by atoms with Crippen LogP contribution in [0.25, 0.3) is 10.2 Å². The van der Waals surface area contributed by atoms with E-state index in [-0.39, 0.29) is 5.91 Å². The van der Waals surface area contributed by atoms with Crippen molar-refractivity contribution >= 4 is 39.0 Å². The van der Waals surface area contributed by atoms with E-state index >= 15 is 0 Å². The molecule has 4 heterocycles. The summed E-state index contributed by atoms with van der Waals surface area (Å²) in [5.41, 5.74) is 1.75. The first-order valence-corrected chi connectivity index (χ1v) is 12.4. The number of thiophene rings is 1. The van der Waals surface area contributed by atoms with Gasteiger partial charge in [-0.1, -0.05) is 26.2 Å². The molecule has 164 valence electrons. The van der Waals surface area contributed by atoms with Crippen molar-refractivity contribution in [2.24, 2.45) is 5.92 Å². The lowest BCUT2D eigenvalue weighted by atomic mass is 9.96. The molecule has 1 aliphatic heterocycles. The summed E-state index contributed by atoms with van der Waals surface area (Å²) < 4.78 is 2.18. The molecule has 0 unspecified atom stereocenters. The molecule has 1 saturated carbocycles. The van der Waals surface area contributed by atoms with Crippen LogP contribution in [-0.4, -0.2) is 33.8 Å². The fraction of sp³-hybridized carbons (Fsp3) is 0.542. The lowest BCUT2D eigenvalue weighted by Crippen LogP contribution is -2.33. The number of fused-ring (bicyclic) bond motifs is 1. The minimum Gasteiger partial charge on any atom is -0.357 e. The van der Waals surface area contributed by atoms with Crippen molar-refractivity contribution in [2.75, 3.05) is 23.3 Å². The Kier molecular flexibility index (Phi) is 5.69. The highest BCUT2D eigenvalue weighted by Crippen LogP contribution is 2.35. The van der Waals surface area contributed by atoms with Crippen molar-refractivity contribution in [1.29, 1.82) is 0 Å². The first kappa shape index (κ1) is 20.5. The molecule has 1 amide bonds. The maximum atomic E-state index is 12.9. The number of anilines is 2. The van der Waals surface area contributed by atoms with Gasteiger partial charge in [0.1, 0.15) is 10.6 Å². The van der Waals surface area contributed by atoms with Crippen LogP contribution in [0, 0.1) is 12.8 Å². The number of hydrogen-bond donors (Lipinski definition) is 1. The van der Waals surface area contributed by atoms with E-state index in [2.05, 4.69) is 26.8 Å². The Labute approximate surface area is 187 Å². The minimum absolute atomic E-state index is 0.0721. The van der Waals surface area contributed by atoms with Gasteiger partial charge in [-0.3, -0.25) is 9.48 Å². The molecule has 7 heteroatoms. The summed E-state index contributed by atoms with van der Waals surface area (Å²) in [5.74, 6) is 1.72. The van der Waals surface area contributed by atoms with E-state index < -0.39 is 0 Å². The second-order valence-electron chi connectivity index (χ2n) is 9.18. The van der Waals surface area contributed by atoms with Gasteiger partial charge in [0.2, 0.25) is 0 Å². The van der Waals surface area contributed by atoms with Gasteiger partial charge in [-0.05, 0) is 56.7 Å². The van der Waals surface area contributed by atoms with Crippen LogP contribution in [0.4, 0.5) is 11.5 Å². The number of amides is 1. The summed E-state index contributed by atoms with van der Waals surface area (Å²) in [6, 6.07) is 6.43. The molecule has 6 nitrogen and oxygen atoms in total. The van der Waals surface area contributed by atoms with Crippen LogP contribution in [0.5, 0.6) is 0 Å². The van der Waals surface area contributed by atoms with E-state index in [0.717, 1.165) is 51.3 Å². The van der Waals surface area contributed by atoms with Crippen molar-refractivity contribution in [3.05, 3.63) is 35.0 Å². The molecule has 1 aliphatic carbocycles. The number of pyridine rings is 1. The summed E-state index contributed by atoms with van der Waals surface area (Å²) in [6.45, 7) is 6.46. The molecule has 3 aromatic rings. The fourth-order valence-electron chi connectivity index (χ4n) is 4.83. The largest absolute Gasteiger partial charge is 0.357 e. The van der Waals surface area contributed by atoms with E-state index in [4.69, 9.17) is 5.10 Å². The molecule has 5 rings (SSSR count). The van der Waals surface area contributed by atoms with Gasteiger partial charge in [0, 0.05) is 18.5 Å². The van der Waals surface area contributed by atoms with E-state index in [1.807, 2.05) is 25.1 Å². The quantitative estimate of drug-likeness (QED) is 0.561. The lowest BCUT2D eigenvalue weighted by Gasteiger charge is -2.31. The van der Waals surface area contributed by atoms with Crippen molar-refractivity contribution in [3.63, 3.8) is 0 Å². The zero-order chi connectivity index (χ0) is 21.4. The Hall–Kier alpha value is -2.41. The highest BCUT2D eigenvalue weighted by molar-refractivity contribution is 7.20. The van der Waals surface area contributed by atoms with Crippen LogP contribution >= 0.6 is 11.3 Å². The highest BCUT2D eigenvalue weighted by atomic mass is 32.1. The van der Waals surface area contributed by atoms with Gasteiger partial charge in [-0.25, -0.2) is 4.98 Å². The standard InChI is InChI=1S/C24H31N5OS/c1-16-10-12-28(13-11-16)22-9-8-18(15-25-22)26-23(30)21-14-20-17(2)27-29(24(20)31-21)19-6-4-3-5-7-19/h8-9,14-16,19H,3-7,10-13H2,1-2H3,(H,26,30). The number of aromatic nitrogens is 3. The topological polar surface area (TPSA) is 63.1 Å². The Morgan fingerprint density at radius 3 is 2.61 bits per heavy atom. The van der Waals surface area contributed by atoms with Crippen LogP contribution in [0.3, 0.4) is 0 Å². The molecule has 1 N–H and O–H groups in total. The van der Waals surface area contributed by atoms with Gasteiger partial charge in [0.25, 0.3) is 5.91 Å². The van der Waals surface area contributed by atoms with E-state index in [1.165, 1.54) is 44.9 Å². The van der Waals surface area contributed by atoms with E-state index in [1.54, 1.807) is 17.5 Å². The summed E-state index contributed by atoms with van der Waals surface area (Å²) in [6.07, 6.45) is 10.4. The van der Waals surface area contributed by atoms with Crippen molar-refractivity contribution in [3.8, 4) is 0 Å². The molecular formula is C24H31N5OS. The van der Waals surface area contributed by atoms with E-state index in [9.17, 15) is 4.79 Å². The Morgan fingerprint density at radius 1 is 1.13 bits per heavy atom. The van der Waals surface area contributed by atoms with Gasteiger partial charge < -0.3 is 10.2 Å². The molecule has 0 aromatic carbocycles. The van der Waals surface area contributed by atoms with Gasteiger partial charge in [0.05, 0.1) is 28.5 Å². The number of piperidine rings is 1. The van der Waals surface area contributed by atoms with Gasteiger partial charge in [-0.15, -0.1) is 11.3 Å². The molecule has 0 radical (unpaired) electrons. The number of carbonyl (C=O) groups excluding carboxylic acids is 1. The molecule has 0 bridgehead atoms. The first-order valence-electron chi connectivity index (χ1n) is 11.6. The average molecular weight is 438 g/mol. The number of aryl methyl sites for hydroxylation is 1. The maximum Gasteiger partial charge on any atom is 0.265 e. The normalized spacial score (nSPS) is 18.6. The highest BCUT2D eigenvalue weighted by Gasteiger charge is 2.23. The lowest BCUT2D eigenvalue weighted by molar-refractivity contribution is 0.103. The SMILES string of the molecule is Cc1nn(C2CCCCC2)c2sc(C(=O)Nc3ccc(N4CCC(C)CC4)nc3)cc12. The third-order valence-electron chi connectivity index (χ3n) is 6.83. The van der Waals surface area contributed by atoms with Crippen molar-refractivity contribution in [2.45, 2.75) is 64.8 Å². The summed E-state index contributed by atoms with van der Waals surface area (Å²) >= 11 is 1.55. The Balaban J connectivity index is 1.30. The predicted octanol–water partition coefficient (Wildman–Crippen LogP) is 5.80. The summed E-state index contributed by atoms with van der Waals surface area (Å²) in [4.78, 5) is 21.7. The van der Waals surface area contributed by atoms with Crippen LogP contribution in [0.15, 0.2) is 24.4 Å². The fourth-order valence-corrected chi connectivity index (χ4v) is 5.96.